The Bertz CT molecular complexity index is 726. The van der Waals surface area contributed by atoms with E-state index in [-0.39, 0.29) is 0 Å². The van der Waals surface area contributed by atoms with Gasteiger partial charge in [0.05, 0.1) is 19.3 Å². The normalized spacial score (nSPS) is 10.9. The van der Waals surface area contributed by atoms with Gasteiger partial charge in [-0.05, 0) is 28.8 Å². The third kappa shape index (κ3) is 4.97. The van der Waals surface area contributed by atoms with Gasteiger partial charge in [0, 0.05) is 5.02 Å². The van der Waals surface area contributed by atoms with E-state index in [1.165, 1.54) is 11.1 Å². The van der Waals surface area contributed by atoms with Crippen LogP contribution >= 0.6 is 11.6 Å². The predicted octanol–water partition coefficient (Wildman–Crippen LogP) is 5.38. The molecule has 0 unspecified atom stereocenters. The number of hydrogen-bond donors (Lipinski definition) is 0. The lowest BCUT2D eigenvalue weighted by atomic mass is 10.2. The minimum atomic E-state index is 0.734. The number of hydrogen-bond acceptors (Lipinski definition) is 2. The maximum absolute atomic E-state index is 5.93. The molecule has 3 aromatic carbocycles. The van der Waals surface area contributed by atoms with Crippen molar-refractivity contribution < 1.29 is 0 Å². The monoisotopic (exact) mass is 334 g/mol. The molecule has 0 spiro atoms. The highest BCUT2D eigenvalue weighted by Crippen LogP contribution is 2.12. The minimum Gasteiger partial charge on any atom is -0.288 e. The Balaban J connectivity index is 1.77. The van der Waals surface area contributed by atoms with Crippen molar-refractivity contribution in [1.29, 1.82) is 0 Å². The first-order valence-electron chi connectivity index (χ1n) is 7.92. The predicted molar refractivity (Wildman–Crippen MR) is 101 cm³/mol. The lowest BCUT2D eigenvalue weighted by Gasteiger charge is -2.19. The van der Waals surface area contributed by atoms with E-state index < -0.39 is 0 Å². The van der Waals surface area contributed by atoms with Gasteiger partial charge in [-0.1, -0.05) is 84.4 Å². The zero-order chi connectivity index (χ0) is 16.6. The third-order valence-electron chi connectivity index (χ3n) is 3.66. The van der Waals surface area contributed by atoms with E-state index in [4.69, 9.17) is 11.6 Å². The van der Waals surface area contributed by atoms with Crippen molar-refractivity contribution in [2.24, 2.45) is 5.10 Å². The molecule has 0 aromatic heterocycles. The van der Waals surface area contributed by atoms with Gasteiger partial charge >= 0.3 is 0 Å². The van der Waals surface area contributed by atoms with E-state index in [1.807, 2.05) is 42.6 Å². The molecule has 3 aromatic rings. The molecule has 0 aliphatic heterocycles. The van der Waals surface area contributed by atoms with Gasteiger partial charge in [-0.25, -0.2) is 0 Å². The molecule has 0 aliphatic carbocycles. The summed E-state index contributed by atoms with van der Waals surface area (Å²) in [6.45, 7) is 1.53. The van der Waals surface area contributed by atoms with Crippen LogP contribution in [-0.2, 0) is 13.1 Å². The molecule has 0 amide bonds. The summed E-state index contributed by atoms with van der Waals surface area (Å²) in [6, 6.07) is 28.4. The van der Waals surface area contributed by atoms with E-state index in [9.17, 15) is 0 Å². The summed E-state index contributed by atoms with van der Waals surface area (Å²) in [4.78, 5) is 0. The molecule has 0 aliphatic rings. The molecule has 0 atom stereocenters. The molecule has 3 rings (SSSR count). The first-order chi connectivity index (χ1) is 11.8. The van der Waals surface area contributed by atoms with Crippen LogP contribution in [0.15, 0.2) is 90.0 Å². The zero-order valence-electron chi connectivity index (χ0n) is 13.3. The minimum absolute atomic E-state index is 0.734. The fraction of sp³-hybridized carbons (Fsp3) is 0.0952. The van der Waals surface area contributed by atoms with Crippen molar-refractivity contribution in [3.63, 3.8) is 0 Å². The van der Waals surface area contributed by atoms with Crippen molar-refractivity contribution in [3.8, 4) is 0 Å². The van der Waals surface area contributed by atoms with Gasteiger partial charge in [-0.2, -0.15) is 5.10 Å². The van der Waals surface area contributed by atoms with E-state index in [0.29, 0.717) is 0 Å². The molecule has 3 heteroatoms. The first kappa shape index (κ1) is 16.3. The summed E-state index contributed by atoms with van der Waals surface area (Å²) >= 11 is 5.93. The van der Waals surface area contributed by atoms with Crippen molar-refractivity contribution in [2.45, 2.75) is 13.1 Å². The number of nitrogens with zero attached hydrogens (tertiary/aromatic N) is 2. The first-order valence-corrected chi connectivity index (χ1v) is 8.30. The van der Waals surface area contributed by atoms with E-state index in [1.54, 1.807) is 0 Å². The van der Waals surface area contributed by atoms with Crippen molar-refractivity contribution in [2.75, 3.05) is 0 Å². The molecule has 2 nitrogen and oxygen atoms in total. The highest BCUT2D eigenvalue weighted by molar-refractivity contribution is 6.30. The molecule has 0 bridgehead atoms. The van der Waals surface area contributed by atoms with E-state index in [2.05, 4.69) is 58.6 Å². The Hall–Kier alpha value is -2.58. The van der Waals surface area contributed by atoms with Crippen LogP contribution in [0.3, 0.4) is 0 Å². The Morgan fingerprint density at radius 3 is 1.71 bits per heavy atom. The molecule has 120 valence electrons. The molecular formula is C21H19ClN2. The zero-order valence-corrected chi connectivity index (χ0v) is 14.1. The molecule has 0 N–H and O–H groups in total. The van der Waals surface area contributed by atoms with Gasteiger partial charge in [0.25, 0.3) is 0 Å². The van der Waals surface area contributed by atoms with Crippen LogP contribution < -0.4 is 0 Å². The SMILES string of the molecule is Clc1ccc(C=NN(Cc2ccccc2)Cc2ccccc2)cc1. The molecule has 0 fully saturated rings. The summed E-state index contributed by atoms with van der Waals surface area (Å²) < 4.78 is 0. The average molecular weight is 335 g/mol. The standard InChI is InChI=1S/C21H19ClN2/c22-21-13-11-18(12-14-21)15-23-24(16-19-7-3-1-4-8-19)17-20-9-5-2-6-10-20/h1-15H,16-17H2. The molecule has 0 radical (unpaired) electrons. The Morgan fingerprint density at radius 2 is 1.21 bits per heavy atom. The lowest BCUT2D eigenvalue weighted by Crippen LogP contribution is -2.17. The summed E-state index contributed by atoms with van der Waals surface area (Å²) in [5.74, 6) is 0. The van der Waals surface area contributed by atoms with E-state index >= 15 is 0 Å². The van der Waals surface area contributed by atoms with Crippen LogP contribution in [0, 0.1) is 0 Å². The molecule has 24 heavy (non-hydrogen) atoms. The fourth-order valence-electron chi connectivity index (χ4n) is 2.42. The lowest BCUT2D eigenvalue weighted by molar-refractivity contribution is 0.272. The van der Waals surface area contributed by atoms with Gasteiger partial charge in [0.2, 0.25) is 0 Å². The topological polar surface area (TPSA) is 15.6 Å². The van der Waals surface area contributed by atoms with Gasteiger partial charge < -0.3 is 0 Å². The number of rotatable bonds is 6. The van der Waals surface area contributed by atoms with Crippen LogP contribution in [0.1, 0.15) is 16.7 Å². The maximum atomic E-state index is 5.93. The summed E-state index contributed by atoms with van der Waals surface area (Å²) in [6.07, 6.45) is 1.88. The Labute approximate surface area is 148 Å². The van der Waals surface area contributed by atoms with Crippen molar-refractivity contribution in [1.82, 2.24) is 5.01 Å². The summed E-state index contributed by atoms with van der Waals surface area (Å²) in [7, 11) is 0. The van der Waals surface area contributed by atoms with Crippen molar-refractivity contribution in [3.05, 3.63) is 107 Å². The smallest absolute Gasteiger partial charge is 0.0614 e. The van der Waals surface area contributed by atoms with Gasteiger partial charge in [0.15, 0.2) is 0 Å². The highest BCUT2D eigenvalue weighted by atomic mass is 35.5. The molecular weight excluding hydrogens is 316 g/mol. The van der Waals surface area contributed by atoms with Gasteiger partial charge in [-0.15, -0.1) is 0 Å². The van der Waals surface area contributed by atoms with Crippen molar-refractivity contribution >= 4 is 17.8 Å². The number of benzene rings is 3. The molecule has 0 saturated carbocycles. The van der Waals surface area contributed by atoms with Crippen LogP contribution in [0.2, 0.25) is 5.02 Å². The van der Waals surface area contributed by atoms with Gasteiger partial charge in [-0.3, -0.25) is 5.01 Å². The fourth-order valence-corrected chi connectivity index (χ4v) is 2.55. The largest absolute Gasteiger partial charge is 0.288 e. The Morgan fingerprint density at radius 1 is 0.708 bits per heavy atom. The van der Waals surface area contributed by atoms with E-state index in [0.717, 1.165) is 23.7 Å². The second-order valence-corrected chi connectivity index (χ2v) is 6.03. The second-order valence-electron chi connectivity index (χ2n) is 5.59. The molecule has 0 saturated heterocycles. The van der Waals surface area contributed by atoms with Crippen LogP contribution in [0.25, 0.3) is 0 Å². The Kier molecular flexibility index (Phi) is 5.65. The third-order valence-corrected chi connectivity index (χ3v) is 3.91. The summed E-state index contributed by atoms with van der Waals surface area (Å²) in [5, 5.41) is 7.48. The quantitative estimate of drug-likeness (QED) is 0.436. The second kappa shape index (κ2) is 8.32. The molecule has 0 heterocycles. The van der Waals surface area contributed by atoms with Gasteiger partial charge in [0.1, 0.15) is 0 Å². The summed E-state index contributed by atoms with van der Waals surface area (Å²) in [5.41, 5.74) is 3.51. The number of halogens is 1. The average Bonchev–Trinajstić information content (AvgIpc) is 2.63. The number of hydrazone groups is 1. The maximum Gasteiger partial charge on any atom is 0.0614 e. The van der Waals surface area contributed by atoms with Crippen LogP contribution in [0.4, 0.5) is 0 Å². The van der Waals surface area contributed by atoms with Crippen LogP contribution in [0.5, 0.6) is 0 Å². The van der Waals surface area contributed by atoms with Crippen LogP contribution in [-0.4, -0.2) is 11.2 Å². The highest BCUT2D eigenvalue weighted by Gasteiger charge is 2.04.